The van der Waals surface area contributed by atoms with Gasteiger partial charge in [0.15, 0.2) is 0 Å². The molecule has 2 aromatic rings. The third-order valence-corrected chi connectivity index (χ3v) is 3.00. The van der Waals surface area contributed by atoms with Gasteiger partial charge in [0.1, 0.15) is 16.7 Å². The maximum absolute atomic E-state index is 5.93. The summed E-state index contributed by atoms with van der Waals surface area (Å²) in [6, 6.07) is 9.62. The molecule has 4 heteroatoms. The molecule has 0 aliphatic rings. The van der Waals surface area contributed by atoms with Gasteiger partial charge in [-0.3, -0.25) is 0 Å². The summed E-state index contributed by atoms with van der Waals surface area (Å²) in [5.74, 6) is 2.42. The fraction of sp³-hybridized carbons (Fsp3) is 0.333. The van der Waals surface area contributed by atoms with Crippen LogP contribution in [0.2, 0.25) is 5.15 Å². The Labute approximate surface area is 118 Å². The minimum Gasteiger partial charge on any atom is -0.439 e. The summed E-state index contributed by atoms with van der Waals surface area (Å²) in [5.41, 5.74) is 1.28. The molecule has 0 unspecified atom stereocenters. The molecular formula is C15H17ClN2O. The Morgan fingerprint density at radius 1 is 1.16 bits per heavy atom. The lowest BCUT2D eigenvalue weighted by Gasteiger charge is -2.08. The second kappa shape index (κ2) is 6.02. The van der Waals surface area contributed by atoms with E-state index < -0.39 is 0 Å². The van der Waals surface area contributed by atoms with E-state index in [1.165, 1.54) is 5.56 Å². The first-order valence-electron chi connectivity index (χ1n) is 6.39. The minimum atomic E-state index is 0.403. The van der Waals surface area contributed by atoms with E-state index in [0.717, 1.165) is 12.2 Å². The van der Waals surface area contributed by atoms with Gasteiger partial charge in [-0.1, -0.05) is 44.5 Å². The molecule has 3 nitrogen and oxygen atoms in total. The zero-order valence-corrected chi connectivity index (χ0v) is 12.1. The topological polar surface area (TPSA) is 35.0 Å². The molecule has 1 aromatic carbocycles. The molecule has 1 heterocycles. The summed E-state index contributed by atoms with van der Waals surface area (Å²) in [6.45, 7) is 6.30. The highest BCUT2D eigenvalue weighted by Gasteiger charge is 2.05. The first-order chi connectivity index (χ1) is 9.08. The van der Waals surface area contributed by atoms with E-state index in [2.05, 4.69) is 35.9 Å². The predicted molar refractivity (Wildman–Crippen MR) is 77.0 cm³/mol. The van der Waals surface area contributed by atoms with E-state index >= 15 is 0 Å². The number of rotatable bonds is 4. The quantitative estimate of drug-likeness (QED) is 0.765. The van der Waals surface area contributed by atoms with Crippen LogP contribution in [0.3, 0.4) is 0 Å². The molecular weight excluding hydrogens is 260 g/mol. The Morgan fingerprint density at radius 3 is 2.42 bits per heavy atom. The Morgan fingerprint density at radius 2 is 1.84 bits per heavy atom. The lowest BCUT2D eigenvalue weighted by Crippen LogP contribution is -1.96. The fourth-order valence-electron chi connectivity index (χ4n) is 1.69. The standard InChI is InChI=1S/C15H17ClN2O/c1-4-14-17-13(16)9-15(18-14)19-12-7-5-11(6-8-12)10(2)3/h5-10H,4H2,1-3H3. The number of ether oxygens (including phenoxy) is 1. The van der Waals surface area contributed by atoms with Crippen LogP contribution in [0, 0.1) is 0 Å². The van der Waals surface area contributed by atoms with Gasteiger partial charge < -0.3 is 4.74 Å². The van der Waals surface area contributed by atoms with Gasteiger partial charge in [0.05, 0.1) is 0 Å². The van der Waals surface area contributed by atoms with E-state index in [0.29, 0.717) is 22.8 Å². The van der Waals surface area contributed by atoms with Crippen molar-refractivity contribution in [2.45, 2.75) is 33.1 Å². The predicted octanol–water partition coefficient (Wildman–Crippen LogP) is 4.61. The monoisotopic (exact) mass is 276 g/mol. The highest BCUT2D eigenvalue weighted by Crippen LogP contribution is 2.24. The van der Waals surface area contributed by atoms with Crippen molar-refractivity contribution in [2.75, 3.05) is 0 Å². The smallest absolute Gasteiger partial charge is 0.224 e. The maximum Gasteiger partial charge on any atom is 0.224 e. The van der Waals surface area contributed by atoms with Gasteiger partial charge in [0.25, 0.3) is 0 Å². The van der Waals surface area contributed by atoms with E-state index in [4.69, 9.17) is 16.3 Å². The van der Waals surface area contributed by atoms with Gasteiger partial charge in [0, 0.05) is 12.5 Å². The van der Waals surface area contributed by atoms with Crippen LogP contribution >= 0.6 is 11.6 Å². The van der Waals surface area contributed by atoms with E-state index in [1.807, 2.05) is 19.1 Å². The van der Waals surface area contributed by atoms with Crippen LogP contribution in [0.5, 0.6) is 11.6 Å². The van der Waals surface area contributed by atoms with E-state index in [-0.39, 0.29) is 0 Å². The zero-order valence-electron chi connectivity index (χ0n) is 11.4. The summed E-state index contributed by atoms with van der Waals surface area (Å²) in [4.78, 5) is 8.39. The lowest BCUT2D eigenvalue weighted by molar-refractivity contribution is 0.458. The van der Waals surface area contributed by atoms with E-state index in [9.17, 15) is 0 Å². The third kappa shape index (κ3) is 3.67. The second-order valence-electron chi connectivity index (χ2n) is 4.62. The first-order valence-corrected chi connectivity index (χ1v) is 6.77. The highest BCUT2D eigenvalue weighted by molar-refractivity contribution is 6.29. The number of hydrogen-bond acceptors (Lipinski definition) is 3. The number of aromatic nitrogens is 2. The lowest BCUT2D eigenvalue weighted by atomic mass is 10.0. The van der Waals surface area contributed by atoms with Crippen molar-refractivity contribution < 1.29 is 4.74 Å². The molecule has 0 spiro atoms. The maximum atomic E-state index is 5.93. The van der Waals surface area contributed by atoms with Crippen molar-refractivity contribution in [1.29, 1.82) is 0 Å². The summed E-state index contributed by atoms with van der Waals surface area (Å²) in [5, 5.41) is 0.403. The van der Waals surface area contributed by atoms with Crippen molar-refractivity contribution in [3.8, 4) is 11.6 Å². The van der Waals surface area contributed by atoms with Crippen LogP contribution in [-0.2, 0) is 6.42 Å². The Kier molecular flexibility index (Phi) is 4.38. The molecule has 19 heavy (non-hydrogen) atoms. The molecule has 0 N–H and O–H groups in total. The van der Waals surface area contributed by atoms with Gasteiger partial charge in [-0.15, -0.1) is 0 Å². The number of benzene rings is 1. The van der Waals surface area contributed by atoms with Crippen molar-refractivity contribution >= 4 is 11.6 Å². The van der Waals surface area contributed by atoms with Crippen LogP contribution in [0.25, 0.3) is 0 Å². The molecule has 0 fully saturated rings. The molecule has 0 bridgehead atoms. The van der Waals surface area contributed by atoms with Crippen LogP contribution in [-0.4, -0.2) is 9.97 Å². The van der Waals surface area contributed by atoms with Gasteiger partial charge in [-0.2, -0.15) is 4.98 Å². The Balaban J connectivity index is 2.18. The van der Waals surface area contributed by atoms with Crippen LogP contribution in [0.1, 0.15) is 38.1 Å². The average molecular weight is 277 g/mol. The SMILES string of the molecule is CCc1nc(Cl)cc(Oc2ccc(C(C)C)cc2)n1. The third-order valence-electron chi connectivity index (χ3n) is 2.80. The number of hydrogen-bond donors (Lipinski definition) is 0. The minimum absolute atomic E-state index is 0.403. The van der Waals surface area contributed by atoms with Crippen molar-refractivity contribution in [2.24, 2.45) is 0 Å². The molecule has 0 aliphatic heterocycles. The Hall–Kier alpha value is -1.61. The number of halogens is 1. The number of aryl methyl sites for hydroxylation is 1. The second-order valence-corrected chi connectivity index (χ2v) is 5.01. The molecule has 0 saturated heterocycles. The summed E-state index contributed by atoms with van der Waals surface area (Å²) in [6.07, 6.45) is 0.725. The highest BCUT2D eigenvalue weighted by atomic mass is 35.5. The first kappa shape index (κ1) is 13.8. The fourth-order valence-corrected chi connectivity index (χ4v) is 1.88. The van der Waals surface area contributed by atoms with Gasteiger partial charge in [-0.05, 0) is 23.6 Å². The van der Waals surface area contributed by atoms with Crippen molar-refractivity contribution in [3.63, 3.8) is 0 Å². The normalized spacial score (nSPS) is 10.8. The van der Waals surface area contributed by atoms with Gasteiger partial charge in [-0.25, -0.2) is 4.98 Å². The van der Waals surface area contributed by atoms with Crippen molar-refractivity contribution in [3.05, 3.63) is 46.9 Å². The number of nitrogens with zero attached hydrogens (tertiary/aromatic N) is 2. The summed E-state index contributed by atoms with van der Waals surface area (Å²) < 4.78 is 5.70. The summed E-state index contributed by atoms with van der Waals surface area (Å²) in [7, 11) is 0. The summed E-state index contributed by atoms with van der Waals surface area (Å²) >= 11 is 5.93. The van der Waals surface area contributed by atoms with Crippen LogP contribution in [0.15, 0.2) is 30.3 Å². The average Bonchev–Trinajstić information content (AvgIpc) is 2.38. The van der Waals surface area contributed by atoms with E-state index in [1.54, 1.807) is 6.07 Å². The molecule has 0 atom stereocenters. The molecule has 0 saturated carbocycles. The Bertz CT molecular complexity index is 553. The van der Waals surface area contributed by atoms with Gasteiger partial charge >= 0.3 is 0 Å². The molecule has 0 amide bonds. The van der Waals surface area contributed by atoms with Crippen molar-refractivity contribution in [1.82, 2.24) is 9.97 Å². The molecule has 0 aliphatic carbocycles. The largest absolute Gasteiger partial charge is 0.439 e. The molecule has 2 rings (SSSR count). The van der Waals surface area contributed by atoms with Crippen LogP contribution < -0.4 is 4.74 Å². The zero-order chi connectivity index (χ0) is 13.8. The molecule has 0 radical (unpaired) electrons. The molecule has 1 aromatic heterocycles. The van der Waals surface area contributed by atoms with Crippen LogP contribution in [0.4, 0.5) is 0 Å². The molecule has 100 valence electrons. The van der Waals surface area contributed by atoms with Gasteiger partial charge in [0.2, 0.25) is 5.88 Å².